The molecule has 2 aromatic rings. The second-order valence-electron chi connectivity index (χ2n) is 6.92. The molecule has 0 radical (unpaired) electrons. The Morgan fingerprint density at radius 2 is 1.71 bits per heavy atom. The highest BCUT2D eigenvalue weighted by molar-refractivity contribution is 8.00. The highest BCUT2D eigenvalue weighted by atomic mass is 32.2. The Hall–Kier alpha value is -2.47. The van der Waals surface area contributed by atoms with E-state index in [0.717, 1.165) is 23.5 Å². The molecule has 6 heteroatoms. The number of ether oxygens (including phenoxy) is 1. The van der Waals surface area contributed by atoms with Gasteiger partial charge in [0.1, 0.15) is 0 Å². The van der Waals surface area contributed by atoms with Crippen molar-refractivity contribution in [3.05, 3.63) is 59.7 Å². The van der Waals surface area contributed by atoms with Gasteiger partial charge in [0.15, 0.2) is 6.61 Å². The number of carbonyl (C=O) groups excluding carboxylic acids is 2. The maximum Gasteiger partial charge on any atom is 0.316 e. The molecule has 2 aromatic carbocycles. The van der Waals surface area contributed by atoms with E-state index in [1.54, 1.807) is 4.90 Å². The lowest BCUT2D eigenvalue weighted by atomic mass is 10.2. The number of thioether (sulfide) groups is 1. The molecule has 5 nitrogen and oxygen atoms in total. The third kappa shape index (κ3) is 5.52. The Balaban J connectivity index is 1.39. The summed E-state index contributed by atoms with van der Waals surface area (Å²) in [5.74, 6) is -0.280. The molecule has 1 saturated heterocycles. The predicted octanol–water partition coefficient (Wildman–Crippen LogP) is 3.29. The van der Waals surface area contributed by atoms with E-state index in [-0.39, 0.29) is 24.2 Å². The molecule has 0 atom stereocenters. The average Bonchev–Trinajstić information content (AvgIpc) is 2.72. The van der Waals surface area contributed by atoms with Crippen LogP contribution in [-0.2, 0) is 14.3 Å². The third-order valence-corrected chi connectivity index (χ3v) is 5.94. The number of rotatable bonds is 6. The van der Waals surface area contributed by atoms with E-state index in [9.17, 15) is 9.59 Å². The van der Waals surface area contributed by atoms with Crippen molar-refractivity contribution in [3.8, 4) is 0 Å². The minimum Gasteiger partial charge on any atom is -0.455 e. The van der Waals surface area contributed by atoms with Gasteiger partial charge < -0.3 is 14.5 Å². The highest BCUT2D eigenvalue weighted by Gasteiger charge is 2.22. The third-order valence-electron chi connectivity index (χ3n) is 4.79. The Morgan fingerprint density at radius 3 is 2.39 bits per heavy atom. The fourth-order valence-electron chi connectivity index (χ4n) is 3.23. The largest absolute Gasteiger partial charge is 0.455 e. The van der Waals surface area contributed by atoms with Gasteiger partial charge in [-0.15, -0.1) is 11.8 Å². The topological polar surface area (TPSA) is 49.9 Å². The maximum atomic E-state index is 12.3. The zero-order chi connectivity index (χ0) is 19.9. The van der Waals surface area contributed by atoms with Crippen LogP contribution >= 0.6 is 11.8 Å². The first-order chi connectivity index (χ1) is 13.5. The number of amides is 1. The van der Waals surface area contributed by atoms with Crippen LogP contribution in [0.3, 0.4) is 0 Å². The van der Waals surface area contributed by atoms with Gasteiger partial charge in [0.25, 0.3) is 5.91 Å². The van der Waals surface area contributed by atoms with Crippen LogP contribution in [0, 0.1) is 13.8 Å². The molecule has 0 bridgehead atoms. The van der Waals surface area contributed by atoms with E-state index in [1.807, 2.05) is 44.2 Å². The number of carbonyl (C=O) groups is 2. The van der Waals surface area contributed by atoms with Crippen molar-refractivity contribution in [3.63, 3.8) is 0 Å². The number of piperazine rings is 1. The van der Waals surface area contributed by atoms with Crippen molar-refractivity contribution >= 4 is 29.3 Å². The van der Waals surface area contributed by atoms with Gasteiger partial charge in [-0.2, -0.15) is 0 Å². The summed E-state index contributed by atoms with van der Waals surface area (Å²) in [7, 11) is 0. The number of hydrogen-bond donors (Lipinski definition) is 0. The van der Waals surface area contributed by atoms with Crippen LogP contribution < -0.4 is 4.90 Å². The summed E-state index contributed by atoms with van der Waals surface area (Å²) in [5, 5.41) is 0. The average molecular weight is 399 g/mol. The summed E-state index contributed by atoms with van der Waals surface area (Å²) in [5.41, 5.74) is 3.51. The zero-order valence-electron chi connectivity index (χ0n) is 16.4. The van der Waals surface area contributed by atoms with E-state index in [4.69, 9.17) is 4.74 Å². The highest BCUT2D eigenvalue weighted by Crippen LogP contribution is 2.23. The number of esters is 1. The summed E-state index contributed by atoms with van der Waals surface area (Å²) in [4.78, 5) is 29.4. The first-order valence-corrected chi connectivity index (χ1v) is 10.4. The van der Waals surface area contributed by atoms with Crippen molar-refractivity contribution in [2.24, 2.45) is 0 Å². The van der Waals surface area contributed by atoms with Gasteiger partial charge in [0, 0.05) is 36.8 Å². The van der Waals surface area contributed by atoms with Crippen molar-refractivity contribution in [1.29, 1.82) is 0 Å². The molecule has 0 unspecified atom stereocenters. The molecule has 0 aliphatic carbocycles. The molecule has 1 aliphatic heterocycles. The molecule has 1 fully saturated rings. The van der Waals surface area contributed by atoms with Gasteiger partial charge in [-0.1, -0.05) is 35.9 Å². The van der Waals surface area contributed by atoms with Gasteiger partial charge in [-0.25, -0.2) is 0 Å². The molecule has 148 valence electrons. The second kappa shape index (κ2) is 9.64. The van der Waals surface area contributed by atoms with Crippen LogP contribution in [-0.4, -0.2) is 55.3 Å². The molecule has 28 heavy (non-hydrogen) atoms. The molecule has 0 N–H and O–H groups in total. The minimum atomic E-state index is -0.360. The molecule has 0 spiro atoms. The fraction of sp³-hybridized carbons (Fsp3) is 0.364. The molecule has 0 aromatic heterocycles. The first kappa shape index (κ1) is 20.3. The molecule has 1 amide bonds. The van der Waals surface area contributed by atoms with Crippen molar-refractivity contribution < 1.29 is 14.3 Å². The number of nitrogens with zero attached hydrogens (tertiary/aromatic N) is 2. The predicted molar refractivity (Wildman–Crippen MR) is 113 cm³/mol. The lowest BCUT2D eigenvalue weighted by molar-refractivity contribution is -0.150. The number of aryl methyl sites for hydroxylation is 2. The Bertz CT molecular complexity index is 818. The Morgan fingerprint density at radius 1 is 1.00 bits per heavy atom. The van der Waals surface area contributed by atoms with E-state index < -0.39 is 0 Å². The SMILES string of the molecule is Cc1ccc(SCC(=O)OCC(=O)N2CCN(c3ccccc3)CC2)c(C)c1. The van der Waals surface area contributed by atoms with Gasteiger partial charge in [-0.3, -0.25) is 9.59 Å². The minimum absolute atomic E-state index is 0.127. The molecular formula is C22H26N2O3S. The molecule has 1 aliphatic rings. The van der Waals surface area contributed by atoms with E-state index in [1.165, 1.54) is 23.0 Å². The number of para-hydroxylation sites is 1. The summed E-state index contributed by atoms with van der Waals surface area (Å²) in [6.45, 7) is 6.74. The van der Waals surface area contributed by atoms with E-state index >= 15 is 0 Å². The quantitative estimate of drug-likeness (QED) is 0.552. The monoisotopic (exact) mass is 398 g/mol. The van der Waals surface area contributed by atoms with Crippen LogP contribution in [0.4, 0.5) is 5.69 Å². The zero-order valence-corrected chi connectivity index (χ0v) is 17.2. The lowest BCUT2D eigenvalue weighted by Crippen LogP contribution is -2.49. The summed E-state index contributed by atoms with van der Waals surface area (Å²) < 4.78 is 5.19. The van der Waals surface area contributed by atoms with Crippen LogP contribution in [0.5, 0.6) is 0 Å². The van der Waals surface area contributed by atoms with Gasteiger partial charge in [0.2, 0.25) is 0 Å². The van der Waals surface area contributed by atoms with Gasteiger partial charge in [-0.05, 0) is 37.6 Å². The fourth-order valence-corrected chi connectivity index (χ4v) is 4.03. The summed E-state index contributed by atoms with van der Waals surface area (Å²) in [6.07, 6.45) is 0. The van der Waals surface area contributed by atoms with E-state index in [2.05, 4.69) is 23.1 Å². The van der Waals surface area contributed by atoms with Crippen LogP contribution in [0.25, 0.3) is 0 Å². The van der Waals surface area contributed by atoms with Crippen molar-refractivity contribution in [2.75, 3.05) is 43.4 Å². The lowest BCUT2D eigenvalue weighted by Gasteiger charge is -2.36. The molecular weight excluding hydrogens is 372 g/mol. The Labute approximate surface area is 170 Å². The van der Waals surface area contributed by atoms with Crippen LogP contribution in [0.1, 0.15) is 11.1 Å². The van der Waals surface area contributed by atoms with Crippen molar-refractivity contribution in [2.45, 2.75) is 18.7 Å². The van der Waals surface area contributed by atoms with Gasteiger partial charge in [0.05, 0.1) is 5.75 Å². The summed E-state index contributed by atoms with van der Waals surface area (Å²) in [6, 6.07) is 16.3. The smallest absolute Gasteiger partial charge is 0.316 e. The van der Waals surface area contributed by atoms with Crippen molar-refractivity contribution in [1.82, 2.24) is 4.90 Å². The first-order valence-electron chi connectivity index (χ1n) is 9.46. The Kier molecular flexibility index (Phi) is 6.98. The van der Waals surface area contributed by atoms with Crippen LogP contribution in [0.2, 0.25) is 0 Å². The van der Waals surface area contributed by atoms with Crippen LogP contribution in [0.15, 0.2) is 53.4 Å². The summed E-state index contributed by atoms with van der Waals surface area (Å²) >= 11 is 1.44. The second-order valence-corrected chi connectivity index (χ2v) is 7.94. The molecule has 1 heterocycles. The molecule has 0 saturated carbocycles. The standard InChI is InChI=1S/C22H26N2O3S/c1-17-8-9-20(18(2)14-17)28-16-22(26)27-15-21(25)24-12-10-23(11-13-24)19-6-4-3-5-7-19/h3-9,14H,10-13,15-16H2,1-2H3. The maximum absolute atomic E-state index is 12.3. The van der Waals surface area contributed by atoms with Gasteiger partial charge >= 0.3 is 5.97 Å². The normalized spacial score (nSPS) is 14.1. The number of hydrogen-bond acceptors (Lipinski definition) is 5. The molecule has 3 rings (SSSR count). The number of anilines is 1. The van der Waals surface area contributed by atoms with E-state index in [0.29, 0.717) is 13.1 Å². The number of benzene rings is 2.